The largest absolute Gasteiger partial charge is 0.358 e. The van der Waals surface area contributed by atoms with Crippen molar-refractivity contribution in [2.75, 3.05) is 24.7 Å². The van der Waals surface area contributed by atoms with E-state index < -0.39 is 42.8 Å². The highest BCUT2D eigenvalue weighted by molar-refractivity contribution is 7.88. The fourth-order valence-corrected chi connectivity index (χ4v) is 7.08. The summed E-state index contributed by atoms with van der Waals surface area (Å²) < 4.78 is 56.3. The minimum atomic E-state index is -3.38. The molecule has 2 aliphatic rings. The van der Waals surface area contributed by atoms with Gasteiger partial charge in [-0.25, -0.2) is 26.5 Å². The highest BCUT2D eigenvalue weighted by atomic mass is 32.2. The Morgan fingerprint density at radius 3 is 2.17 bits per heavy atom. The molecule has 1 saturated carbocycles. The maximum absolute atomic E-state index is 14.3. The van der Waals surface area contributed by atoms with Gasteiger partial charge < -0.3 is 5.32 Å². The van der Waals surface area contributed by atoms with E-state index in [0.29, 0.717) is 24.1 Å². The van der Waals surface area contributed by atoms with E-state index in [1.54, 1.807) is 0 Å². The minimum absolute atomic E-state index is 0.188. The number of piperidine rings is 1. The van der Waals surface area contributed by atoms with E-state index >= 15 is 0 Å². The van der Waals surface area contributed by atoms with Crippen molar-refractivity contribution >= 4 is 74.1 Å². The third-order valence-corrected chi connectivity index (χ3v) is 9.81. The molecule has 3 heterocycles. The van der Waals surface area contributed by atoms with Crippen molar-refractivity contribution in [1.82, 2.24) is 18.8 Å². The third-order valence-electron chi connectivity index (χ3n) is 8.62. The Bertz CT molecular complexity index is 1340. The van der Waals surface area contributed by atoms with E-state index in [9.17, 15) is 22.0 Å². The van der Waals surface area contributed by atoms with Gasteiger partial charge in [-0.15, -0.1) is 0 Å². The van der Waals surface area contributed by atoms with Crippen LogP contribution in [0.5, 0.6) is 0 Å². The second kappa shape index (κ2) is 8.64. The summed E-state index contributed by atoms with van der Waals surface area (Å²) >= 11 is 0. The first-order valence-corrected chi connectivity index (χ1v) is 14.3. The SMILES string of the molecule is BC(F)(F)c1cc2cnc(NC3(B)C(B)(B)CN(S(C)(=O)=O)CC3(B)B)nc2n(C2CCCC2)c1=O. The Labute approximate surface area is 216 Å². The lowest BCUT2D eigenvalue weighted by atomic mass is 9.25. The van der Waals surface area contributed by atoms with Crippen LogP contribution in [0.3, 0.4) is 0 Å². The summed E-state index contributed by atoms with van der Waals surface area (Å²) in [6.07, 6.45) is 6.04. The predicted octanol–water partition coefficient (Wildman–Crippen LogP) is -3.63. The number of fused-ring (bicyclic) bond motifs is 1. The molecule has 1 aliphatic heterocycles. The summed E-state index contributed by atoms with van der Waals surface area (Å²) in [6, 6.07) is 1.01. The van der Waals surface area contributed by atoms with Crippen molar-refractivity contribution in [3.8, 4) is 0 Å². The topological polar surface area (TPSA) is 97.2 Å². The molecule has 1 N–H and O–H groups in total. The van der Waals surface area contributed by atoms with Crippen LogP contribution in [0.15, 0.2) is 17.1 Å². The molecule has 2 aromatic heterocycles. The van der Waals surface area contributed by atoms with Gasteiger partial charge in [0.25, 0.3) is 5.56 Å². The van der Waals surface area contributed by atoms with Gasteiger partial charge in [-0.3, -0.25) is 9.36 Å². The standard InChI is InChI=1S/C19H31B6F2N5O3S/c1-36(34,35)31-8-16(20,21)19(25,17(22,23)9-31)30-15-28-7-10-6-12(18(24,26)27)14(33)32(13(10)29-15)11-4-2-3-5-11/h6-7,11H,2-5,8-9,20-25H2,1H3,(H,28,29,30). The predicted molar refractivity (Wildman–Crippen MR) is 155 cm³/mol. The summed E-state index contributed by atoms with van der Waals surface area (Å²) in [5.74, 6) is -3.00. The lowest BCUT2D eigenvalue weighted by molar-refractivity contribution is 0.0919. The summed E-state index contributed by atoms with van der Waals surface area (Å²) in [6.45, 7) is 0.627. The molecular weight excluding hydrogens is 481 g/mol. The molecule has 0 atom stereocenters. The van der Waals surface area contributed by atoms with Gasteiger partial charge in [-0.05, 0) is 24.3 Å². The second-order valence-corrected chi connectivity index (χ2v) is 14.1. The monoisotopic (exact) mass is 513 g/mol. The molecule has 0 bridgehead atoms. The number of sulfonamides is 1. The Morgan fingerprint density at radius 2 is 1.67 bits per heavy atom. The van der Waals surface area contributed by atoms with E-state index in [4.69, 9.17) is 4.98 Å². The van der Waals surface area contributed by atoms with Crippen molar-refractivity contribution in [1.29, 1.82) is 0 Å². The molecule has 1 saturated heterocycles. The van der Waals surface area contributed by atoms with Gasteiger partial charge in [0, 0.05) is 30.7 Å². The van der Waals surface area contributed by atoms with Gasteiger partial charge in [0.15, 0.2) is 7.85 Å². The highest BCUT2D eigenvalue weighted by Crippen LogP contribution is 2.51. The van der Waals surface area contributed by atoms with Gasteiger partial charge in [-0.1, -0.05) is 23.3 Å². The fourth-order valence-electron chi connectivity index (χ4n) is 5.96. The molecular formula is C19H31B6F2N5O3S. The number of nitrogens with one attached hydrogen (secondary N) is 1. The Hall–Kier alpha value is -1.75. The molecule has 0 amide bonds. The normalized spacial score (nSPS) is 22.5. The highest BCUT2D eigenvalue weighted by Gasteiger charge is 2.56. The van der Waals surface area contributed by atoms with E-state index in [1.807, 2.05) is 39.2 Å². The zero-order valence-corrected chi connectivity index (χ0v) is 23.0. The fraction of sp³-hybridized carbons (Fsp3) is 0.632. The summed E-state index contributed by atoms with van der Waals surface area (Å²) in [4.78, 5) is 22.4. The lowest BCUT2D eigenvalue weighted by Gasteiger charge is -2.61. The van der Waals surface area contributed by atoms with Gasteiger partial charge in [-0.2, -0.15) is 4.98 Å². The molecule has 188 valence electrons. The summed E-state index contributed by atoms with van der Waals surface area (Å²) in [5, 5.41) is 2.83. The molecule has 2 aromatic rings. The number of halogens is 2. The van der Waals surface area contributed by atoms with Crippen LogP contribution >= 0.6 is 0 Å². The first-order chi connectivity index (χ1) is 16.4. The smallest absolute Gasteiger partial charge is 0.260 e. The molecule has 2 fully saturated rings. The van der Waals surface area contributed by atoms with Crippen LogP contribution in [0.1, 0.15) is 37.3 Å². The number of anilines is 1. The van der Waals surface area contributed by atoms with Crippen LogP contribution in [0.25, 0.3) is 11.0 Å². The molecule has 8 nitrogen and oxygen atoms in total. The van der Waals surface area contributed by atoms with Crippen molar-refractivity contribution in [2.45, 2.75) is 53.4 Å². The number of rotatable bonds is 5. The third kappa shape index (κ3) is 4.54. The zero-order chi connectivity index (χ0) is 26.9. The number of alkyl halides is 2. The maximum atomic E-state index is 14.3. The summed E-state index contributed by atoms with van der Waals surface area (Å²) in [5.41, 5.74) is -1.55. The average Bonchev–Trinajstić information content (AvgIpc) is 3.24. The molecule has 4 rings (SSSR count). The van der Waals surface area contributed by atoms with E-state index in [2.05, 4.69) is 10.3 Å². The number of aromatic nitrogens is 3. The number of nitrogens with zero attached hydrogens (tertiary/aromatic N) is 4. The van der Waals surface area contributed by atoms with E-state index in [-0.39, 0.29) is 12.0 Å². The van der Waals surface area contributed by atoms with E-state index in [1.165, 1.54) is 27.4 Å². The van der Waals surface area contributed by atoms with Crippen molar-refractivity contribution in [3.05, 3.63) is 28.2 Å². The first-order valence-electron chi connectivity index (χ1n) is 12.4. The molecule has 0 aromatic carbocycles. The molecule has 0 radical (unpaired) electrons. The van der Waals surface area contributed by atoms with Crippen molar-refractivity contribution < 1.29 is 17.2 Å². The Morgan fingerprint density at radius 1 is 1.11 bits per heavy atom. The zero-order valence-electron chi connectivity index (χ0n) is 22.2. The molecule has 0 spiro atoms. The van der Waals surface area contributed by atoms with Crippen LogP contribution in [0.2, 0.25) is 10.4 Å². The quantitative estimate of drug-likeness (QED) is 0.416. The van der Waals surface area contributed by atoms with Crippen LogP contribution in [-0.2, 0) is 15.8 Å². The van der Waals surface area contributed by atoms with Crippen LogP contribution < -0.4 is 10.9 Å². The van der Waals surface area contributed by atoms with Gasteiger partial charge in [0.1, 0.15) is 44.9 Å². The van der Waals surface area contributed by atoms with Crippen LogP contribution in [0, 0.1) is 0 Å². The van der Waals surface area contributed by atoms with E-state index in [0.717, 1.165) is 33.5 Å². The summed E-state index contributed by atoms with van der Waals surface area (Å²) in [7, 11) is 7.40. The van der Waals surface area contributed by atoms with Crippen molar-refractivity contribution in [2.24, 2.45) is 0 Å². The van der Waals surface area contributed by atoms with Crippen LogP contribution in [-0.4, -0.2) is 99.1 Å². The minimum Gasteiger partial charge on any atom is -0.358 e. The van der Waals surface area contributed by atoms with Gasteiger partial charge in [0.2, 0.25) is 21.8 Å². The first kappa shape index (κ1) is 27.3. The Kier molecular flexibility index (Phi) is 6.55. The Balaban J connectivity index is 1.83. The number of hydrogen-bond donors (Lipinski definition) is 1. The van der Waals surface area contributed by atoms with Crippen molar-refractivity contribution in [3.63, 3.8) is 0 Å². The molecule has 1 aliphatic carbocycles. The second-order valence-electron chi connectivity index (χ2n) is 12.1. The molecule has 17 heteroatoms. The number of pyridine rings is 1. The number of hydrogen-bond acceptors (Lipinski definition) is 6. The molecule has 36 heavy (non-hydrogen) atoms. The lowest BCUT2D eigenvalue weighted by Crippen LogP contribution is -2.69. The van der Waals surface area contributed by atoms with Gasteiger partial charge >= 0.3 is 0 Å². The molecule has 0 unspecified atom stereocenters. The van der Waals surface area contributed by atoms with Gasteiger partial charge in [0.05, 0.1) is 11.8 Å². The van der Waals surface area contributed by atoms with Crippen LogP contribution in [0.4, 0.5) is 14.7 Å². The average molecular weight is 512 g/mol. The maximum Gasteiger partial charge on any atom is 0.260 e.